The third-order valence-electron chi connectivity index (χ3n) is 11.7. The van der Waals surface area contributed by atoms with Gasteiger partial charge in [-0.25, -0.2) is 9.78 Å². The van der Waals surface area contributed by atoms with Crippen molar-refractivity contribution in [2.45, 2.75) is 84.1 Å². The minimum absolute atomic E-state index is 0.0927. The normalized spacial score (nSPS) is 21.7. The van der Waals surface area contributed by atoms with Gasteiger partial charge in [0.15, 0.2) is 6.61 Å². The number of hydrogen-bond donors (Lipinski definition) is 2. The highest BCUT2D eigenvalue weighted by molar-refractivity contribution is 5.89. The predicted octanol–water partition coefficient (Wildman–Crippen LogP) is 9.80. The van der Waals surface area contributed by atoms with Crippen LogP contribution >= 0.6 is 0 Å². The Bertz CT molecular complexity index is 2040. The number of carboxylic acid groups (broad SMARTS) is 1. The second-order valence-corrected chi connectivity index (χ2v) is 16.0. The molecule has 2 N–H and O–H groups in total. The molecule has 5 aromatic rings. The van der Waals surface area contributed by atoms with Crippen LogP contribution in [0, 0.1) is 11.3 Å². The highest BCUT2D eigenvalue weighted by Gasteiger charge is 2.52. The Hall–Kier alpha value is -4.42. The fourth-order valence-electron chi connectivity index (χ4n) is 9.42. The summed E-state index contributed by atoms with van der Waals surface area (Å²) in [5.41, 5.74) is 12.8. The van der Waals surface area contributed by atoms with Crippen LogP contribution in [0.2, 0.25) is 0 Å². The van der Waals surface area contributed by atoms with Gasteiger partial charge in [-0.1, -0.05) is 88.7 Å². The fraction of sp³-hybridized carbons (Fsp3) is 0.409. The Morgan fingerprint density at radius 2 is 1.80 bits per heavy atom. The zero-order chi connectivity index (χ0) is 35.2. The van der Waals surface area contributed by atoms with Crippen LogP contribution in [-0.4, -0.2) is 46.6 Å². The zero-order valence-corrected chi connectivity index (χ0v) is 30.5. The molecule has 2 aliphatic carbocycles. The Morgan fingerprint density at radius 1 is 1.00 bits per heavy atom. The van der Waals surface area contributed by atoms with Crippen LogP contribution in [0.1, 0.15) is 87.1 Å². The Labute approximate surface area is 296 Å². The first kappa shape index (κ1) is 34.0. The molecule has 1 heterocycles. The van der Waals surface area contributed by atoms with Gasteiger partial charge in [-0.15, -0.1) is 0 Å². The van der Waals surface area contributed by atoms with E-state index in [-0.39, 0.29) is 17.4 Å². The number of carbonyl (C=O) groups is 1. The molecule has 0 aliphatic heterocycles. The number of hydrogen-bond acceptors (Lipinski definition) is 4. The van der Waals surface area contributed by atoms with E-state index in [1.165, 1.54) is 53.5 Å². The lowest BCUT2D eigenvalue weighted by Crippen LogP contribution is -2.50. The number of benzene rings is 4. The molecule has 4 aromatic carbocycles. The fourth-order valence-corrected chi connectivity index (χ4v) is 9.42. The average molecular weight is 670 g/mol. The van der Waals surface area contributed by atoms with Crippen molar-refractivity contribution in [3.63, 3.8) is 0 Å². The molecule has 0 radical (unpaired) electrons. The number of ether oxygens (including phenoxy) is 1. The van der Waals surface area contributed by atoms with Gasteiger partial charge < -0.3 is 19.7 Å². The van der Waals surface area contributed by atoms with Crippen molar-refractivity contribution >= 4 is 17.0 Å². The number of imidazole rings is 1. The first-order valence-electron chi connectivity index (χ1n) is 18.3. The summed E-state index contributed by atoms with van der Waals surface area (Å²) in [4.78, 5) is 22.3. The molecule has 0 bridgehead atoms. The van der Waals surface area contributed by atoms with Crippen molar-refractivity contribution in [2.24, 2.45) is 11.3 Å². The van der Waals surface area contributed by atoms with Gasteiger partial charge in [0, 0.05) is 12.1 Å². The van der Waals surface area contributed by atoms with Gasteiger partial charge in [0.25, 0.3) is 0 Å². The standard InChI is InChI=1S/C44H51N3O3/c1-28(2)30-14-17-37-32(23-30)15-19-39-43(3,20-9-21-44(37,39)4)25-36-35(31-11-7-10-29(22-31)26-47(5)6)16-18-38-41(36)46-42(45-38)33-12-8-13-34(24-33)50-27-40(48)49/h7-8,10-14,16-18,22-24,28,39H,9,15,19-21,25-27H2,1-6H3,(H,45,46)(H,48,49)/t39-,43+,44+/m0/s1. The van der Waals surface area contributed by atoms with E-state index in [2.05, 4.69) is 106 Å². The number of aromatic nitrogens is 2. The van der Waals surface area contributed by atoms with Crippen molar-refractivity contribution in [3.05, 3.63) is 107 Å². The minimum atomic E-state index is -1.000. The first-order chi connectivity index (χ1) is 23.9. The predicted molar refractivity (Wildman–Crippen MR) is 203 cm³/mol. The minimum Gasteiger partial charge on any atom is -0.482 e. The molecule has 0 saturated heterocycles. The molecule has 6 nitrogen and oxygen atoms in total. The number of nitrogens with zero attached hydrogens (tertiary/aromatic N) is 2. The molecule has 6 heteroatoms. The van der Waals surface area contributed by atoms with Crippen LogP contribution in [0.25, 0.3) is 33.5 Å². The smallest absolute Gasteiger partial charge is 0.341 e. The first-order valence-corrected chi connectivity index (χ1v) is 18.3. The number of aromatic amines is 1. The van der Waals surface area contributed by atoms with Crippen LogP contribution in [0.3, 0.4) is 0 Å². The number of fused-ring (bicyclic) bond motifs is 4. The number of carboxylic acids is 1. The summed E-state index contributed by atoms with van der Waals surface area (Å²) >= 11 is 0. The molecule has 2 aliphatic rings. The number of rotatable bonds is 10. The van der Waals surface area contributed by atoms with Gasteiger partial charge in [0.1, 0.15) is 11.6 Å². The largest absolute Gasteiger partial charge is 0.482 e. The molecule has 1 aromatic heterocycles. The lowest BCUT2D eigenvalue weighted by molar-refractivity contribution is -0.139. The van der Waals surface area contributed by atoms with Gasteiger partial charge >= 0.3 is 5.97 Å². The summed E-state index contributed by atoms with van der Waals surface area (Å²) in [5.74, 6) is 1.37. The highest BCUT2D eigenvalue weighted by atomic mass is 16.5. The monoisotopic (exact) mass is 669 g/mol. The van der Waals surface area contributed by atoms with Crippen molar-refractivity contribution < 1.29 is 14.6 Å². The van der Waals surface area contributed by atoms with Crippen LogP contribution < -0.4 is 4.74 Å². The van der Waals surface area contributed by atoms with Crippen LogP contribution in [0.4, 0.5) is 0 Å². The maximum Gasteiger partial charge on any atom is 0.341 e. The molecule has 7 rings (SSSR count). The van der Waals surface area contributed by atoms with Crippen LogP contribution in [-0.2, 0) is 29.6 Å². The maximum absolute atomic E-state index is 11.2. The van der Waals surface area contributed by atoms with E-state index in [1.807, 2.05) is 18.2 Å². The average Bonchev–Trinajstić information content (AvgIpc) is 3.52. The van der Waals surface area contributed by atoms with Crippen molar-refractivity contribution in [2.75, 3.05) is 20.7 Å². The summed E-state index contributed by atoms with van der Waals surface area (Å²) in [7, 11) is 4.23. The van der Waals surface area contributed by atoms with E-state index < -0.39 is 5.97 Å². The van der Waals surface area contributed by atoms with E-state index in [0.29, 0.717) is 17.6 Å². The van der Waals surface area contributed by atoms with E-state index in [9.17, 15) is 4.79 Å². The summed E-state index contributed by atoms with van der Waals surface area (Å²) in [6.07, 6.45) is 6.94. The Balaban J connectivity index is 1.33. The SMILES string of the molecule is CC(C)c1ccc2c(c1)CC[C@H]1[C@@](C)(Cc3c(-c4cccc(CN(C)C)c4)ccc4[nH]c(-c5cccc(OCC(=O)O)c5)nc34)CCC[C@]21C. The maximum atomic E-state index is 11.2. The van der Waals surface area contributed by atoms with Crippen LogP contribution in [0.5, 0.6) is 5.75 Å². The molecule has 3 atom stereocenters. The topological polar surface area (TPSA) is 78.5 Å². The summed E-state index contributed by atoms with van der Waals surface area (Å²) in [6, 6.07) is 28.3. The Kier molecular flexibility index (Phi) is 9.10. The number of aliphatic carboxylic acids is 1. The van der Waals surface area contributed by atoms with Crippen LogP contribution in [0.15, 0.2) is 78.9 Å². The second-order valence-electron chi connectivity index (χ2n) is 16.0. The number of nitrogens with one attached hydrogen (secondary N) is 1. The van der Waals surface area contributed by atoms with Crippen molar-refractivity contribution in [1.29, 1.82) is 0 Å². The van der Waals surface area contributed by atoms with E-state index >= 15 is 0 Å². The van der Waals surface area contributed by atoms with E-state index in [4.69, 9.17) is 14.8 Å². The van der Waals surface area contributed by atoms with Gasteiger partial charge in [-0.2, -0.15) is 0 Å². The third kappa shape index (κ3) is 6.46. The highest BCUT2D eigenvalue weighted by Crippen LogP contribution is 2.59. The lowest BCUT2D eigenvalue weighted by atomic mass is 9.48. The summed E-state index contributed by atoms with van der Waals surface area (Å²) in [6.45, 7) is 10.2. The van der Waals surface area contributed by atoms with E-state index in [1.54, 1.807) is 17.2 Å². The van der Waals surface area contributed by atoms with Gasteiger partial charge in [-0.05, 0) is 132 Å². The van der Waals surface area contributed by atoms with Crippen molar-refractivity contribution in [1.82, 2.24) is 14.9 Å². The molecule has 1 fully saturated rings. The molecular weight excluding hydrogens is 619 g/mol. The second kappa shape index (κ2) is 13.4. The molecule has 0 unspecified atom stereocenters. The lowest BCUT2D eigenvalue weighted by Gasteiger charge is -2.56. The van der Waals surface area contributed by atoms with Gasteiger partial charge in [0.2, 0.25) is 0 Å². The molecule has 0 amide bonds. The van der Waals surface area contributed by atoms with E-state index in [0.717, 1.165) is 41.8 Å². The molecule has 50 heavy (non-hydrogen) atoms. The molecular formula is C44H51N3O3. The number of H-pyrrole nitrogens is 1. The third-order valence-corrected chi connectivity index (χ3v) is 11.7. The number of aryl methyl sites for hydroxylation is 1. The van der Waals surface area contributed by atoms with Gasteiger partial charge in [-0.3, -0.25) is 0 Å². The van der Waals surface area contributed by atoms with Gasteiger partial charge in [0.05, 0.1) is 11.0 Å². The summed E-state index contributed by atoms with van der Waals surface area (Å²) < 4.78 is 5.51. The molecule has 0 spiro atoms. The quantitative estimate of drug-likeness (QED) is 0.155. The molecule has 1 saturated carbocycles. The Morgan fingerprint density at radius 3 is 2.58 bits per heavy atom. The zero-order valence-electron chi connectivity index (χ0n) is 30.5. The van der Waals surface area contributed by atoms with Crippen molar-refractivity contribution in [3.8, 4) is 28.3 Å². The molecule has 260 valence electrons. The summed E-state index contributed by atoms with van der Waals surface area (Å²) in [5, 5.41) is 9.14.